The molecular formula is C22H23N3O4S3. The minimum Gasteiger partial charge on any atom is -0.378 e. The van der Waals surface area contributed by atoms with Crippen LogP contribution in [0.25, 0.3) is 11.1 Å². The molecule has 0 bridgehead atoms. The number of hydrogen-bond acceptors (Lipinski definition) is 7. The summed E-state index contributed by atoms with van der Waals surface area (Å²) in [5.74, 6) is -0.0332. The highest BCUT2D eigenvalue weighted by atomic mass is 32.2. The Morgan fingerprint density at radius 2 is 1.94 bits per heavy atom. The fourth-order valence-corrected chi connectivity index (χ4v) is 6.10. The van der Waals surface area contributed by atoms with E-state index in [2.05, 4.69) is 9.71 Å². The summed E-state index contributed by atoms with van der Waals surface area (Å²) in [5.41, 5.74) is 2.56. The smallest absolute Gasteiger partial charge is 0.263 e. The van der Waals surface area contributed by atoms with Crippen LogP contribution in [0.2, 0.25) is 0 Å². The number of rotatable bonds is 7. The van der Waals surface area contributed by atoms with Gasteiger partial charge in [-0.2, -0.15) is 0 Å². The number of carbonyl (C=O) groups excluding carboxylic acids is 1. The van der Waals surface area contributed by atoms with Crippen LogP contribution in [0.3, 0.4) is 0 Å². The second-order valence-electron chi connectivity index (χ2n) is 7.15. The SMILES string of the molecule is CSc1cc(S(=O)(=O)Nc2nc(CC(=O)N3CCOCC3)cs2)ccc1-c1ccccc1. The van der Waals surface area contributed by atoms with E-state index < -0.39 is 10.0 Å². The van der Waals surface area contributed by atoms with Gasteiger partial charge in [-0.15, -0.1) is 23.1 Å². The molecule has 0 aliphatic carbocycles. The van der Waals surface area contributed by atoms with E-state index in [-0.39, 0.29) is 22.4 Å². The van der Waals surface area contributed by atoms with Crippen molar-refractivity contribution in [1.29, 1.82) is 0 Å². The average Bonchev–Trinajstić information content (AvgIpc) is 3.25. The van der Waals surface area contributed by atoms with Crippen LogP contribution >= 0.6 is 23.1 Å². The van der Waals surface area contributed by atoms with Gasteiger partial charge in [0.15, 0.2) is 5.13 Å². The van der Waals surface area contributed by atoms with Gasteiger partial charge in [0.1, 0.15) is 0 Å². The summed E-state index contributed by atoms with van der Waals surface area (Å²) in [4.78, 5) is 19.5. The summed E-state index contributed by atoms with van der Waals surface area (Å²) in [6, 6.07) is 14.9. The normalized spacial score (nSPS) is 14.3. The molecule has 1 aliphatic rings. The number of carbonyl (C=O) groups is 1. The van der Waals surface area contributed by atoms with Crippen molar-refractivity contribution in [2.24, 2.45) is 0 Å². The quantitative estimate of drug-likeness (QED) is 0.509. The van der Waals surface area contributed by atoms with Crippen molar-refractivity contribution in [2.75, 3.05) is 37.3 Å². The van der Waals surface area contributed by atoms with Crippen molar-refractivity contribution in [2.45, 2.75) is 16.2 Å². The van der Waals surface area contributed by atoms with Crippen LogP contribution < -0.4 is 4.72 Å². The van der Waals surface area contributed by atoms with E-state index in [1.165, 1.54) is 23.1 Å². The van der Waals surface area contributed by atoms with Gasteiger partial charge >= 0.3 is 0 Å². The highest BCUT2D eigenvalue weighted by molar-refractivity contribution is 7.98. The second kappa shape index (κ2) is 10.0. The van der Waals surface area contributed by atoms with Crippen LogP contribution in [-0.4, -0.2) is 56.8 Å². The predicted molar refractivity (Wildman–Crippen MR) is 128 cm³/mol. The van der Waals surface area contributed by atoms with Gasteiger partial charge in [0.05, 0.1) is 30.2 Å². The van der Waals surface area contributed by atoms with E-state index in [4.69, 9.17) is 4.74 Å². The first-order valence-corrected chi connectivity index (χ1v) is 13.6. The number of morpholine rings is 1. The number of thiazole rings is 1. The lowest BCUT2D eigenvalue weighted by Crippen LogP contribution is -2.41. The summed E-state index contributed by atoms with van der Waals surface area (Å²) in [6.07, 6.45) is 2.06. The zero-order valence-electron chi connectivity index (χ0n) is 17.5. The van der Waals surface area contributed by atoms with E-state index in [0.717, 1.165) is 16.0 Å². The van der Waals surface area contributed by atoms with Gasteiger partial charge in [0.25, 0.3) is 10.0 Å². The second-order valence-corrected chi connectivity index (χ2v) is 10.5. The topological polar surface area (TPSA) is 88.6 Å². The number of nitrogens with one attached hydrogen (secondary N) is 1. The Morgan fingerprint density at radius 1 is 1.19 bits per heavy atom. The summed E-state index contributed by atoms with van der Waals surface area (Å²) in [7, 11) is -3.81. The number of thioether (sulfide) groups is 1. The monoisotopic (exact) mass is 489 g/mol. The molecule has 7 nitrogen and oxygen atoms in total. The van der Waals surface area contributed by atoms with E-state index in [1.54, 1.807) is 22.4 Å². The van der Waals surface area contributed by atoms with Crippen LogP contribution in [0.1, 0.15) is 5.69 Å². The molecule has 1 amide bonds. The number of hydrogen-bond donors (Lipinski definition) is 1. The molecule has 1 fully saturated rings. The predicted octanol–water partition coefficient (Wildman–Crippen LogP) is 3.73. The molecule has 4 rings (SSSR count). The van der Waals surface area contributed by atoms with Crippen LogP contribution in [0.5, 0.6) is 0 Å². The summed E-state index contributed by atoms with van der Waals surface area (Å²) < 4.78 is 33.7. The van der Waals surface area contributed by atoms with E-state index in [0.29, 0.717) is 32.0 Å². The maximum atomic E-state index is 13.0. The van der Waals surface area contributed by atoms with Crippen molar-refractivity contribution in [1.82, 2.24) is 9.88 Å². The summed E-state index contributed by atoms with van der Waals surface area (Å²) in [5, 5.41) is 1.95. The van der Waals surface area contributed by atoms with Gasteiger partial charge in [-0.05, 0) is 29.5 Å². The third-order valence-electron chi connectivity index (χ3n) is 5.04. The Kier molecular flexibility index (Phi) is 7.14. The van der Waals surface area contributed by atoms with Gasteiger partial charge in [0.2, 0.25) is 5.91 Å². The molecule has 1 N–H and O–H groups in total. The minimum absolute atomic E-state index is 0.0332. The molecule has 0 saturated carbocycles. The highest BCUT2D eigenvalue weighted by Gasteiger charge is 2.21. The first-order valence-electron chi connectivity index (χ1n) is 10.0. The molecule has 1 saturated heterocycles. The summed E-state index contributed by atoms with van der Waals surface area (Å²) >= 11 is 2.66. The van der Waals surface area contributed by atoms with E-state index >= 15 is 0 Å². The van der Waals surface area contributed by atoms with Crippen molar-refractivity contribution in [3.63, 3.8) is 0 Å². The third-order valence-corrected chi connectivity index (χ3v) is 8.09. The molecule has 0 spiro atoms. The number of ether oxygens (including phenoxy) is 1. The van der Waals surface area contributed by atoms with Gasteiger partial charge in [-0.25, -0.2) is 13.4 Å². The van der Waals surface area contributed by atoms with E-state index in [9.17, 15) is 13.2 Å². The van der Waals surface area contributed by atoms with Crippen molar-refractivity contribution >= 4 is 44.2 Å². The number of anilines is 1. The van der Waals surface area contributed by atoms with Crippen LogP contribution in [0, 0.1) is 0 Å². The largest absolute Gasteiger partial charge is 0.378 e. The standard InChI is InChI=1S/C22H23N3O4S3/c1-30-20-14-18(7-8-19(20)16-5-3-2-4-6-16)32(27,28)24-22-23-17(15-31-22)13-21(26)25-9-11-29-12-10-25/h2-8,14-15H,9-13H2,1H3,(H,23,24). The lowest BCUT2D eigenvalue weighted by molar-refractivity contribution is -0.134. The molecule has 2 aromatic carbocycles. The Morgan fingerprint density at radius 3 is 2.66 bits per heavy atom. The number of aromatic nitrogens is 1. The van der Waals surface area contributed by atoms with E-state index in [1.807, 2.05) is 42.7 Å². The third kappa shape index (κ3) is 5.32. The maximum absolute atomic E-state index is 13.0. The van der Waals surface area contributed by atoms with Gasteiger partial charge in [-0.1, -0.05) is 36.4 Å². The lowest BCUT2D eigenvalue weighted by Gasteiger charge is -2.26. The molecule has 168 valence electrons. The average molecular weight is 490 g/mol. The fourth-order valence-electron chi connectivity index (χ4n) is 3.38. The Hall–Kier alpha value is -2.40. The number of amides is 1. The van der Waals surface area contributed by atoms with Crippen LogP contribution in [-0.2, 0) is 26.0 Å². The number of nitrogens with zero attached hydrogens (tertiary/aromatic N) is 2. The molecule has 3 aromatic rings. The molecule has 32 heavy (non-hydrogen) atoms. The highest BCUT2D eigenvalue weighted by Crippen LogP contribution is 2.33. The Balaban J connectivity index is 1.48. The van der Waals surface area contributed by atoms with Gasteiger partial charge in [-0.3, -0.25) is 9.52 Å². The minimum atomic E-state index is -3.81. The van der Waals surface area contributed by atoms with Crippen molar-refractivity contribution in [3.05, 3.63) is 59.6 Å². The summed E-state index contributed by atoms with van der Waals surface area (Å²) in [6.45, 7) is 2.21. The Bertz CT molecular complexity index is 1190. The number of sulfonamides is 1. The molecule has 1 aliphatic heterocycles. The zero-order chi connectivity index (χ0) is 22.6. The fraction of sp³-hybridized carbons (Fsp3) is 0.273. The van der Waals surface area contributed by atoms with Crippen molar-refractivity contribution < 1.29 is 17.9 Å². The molecular weight excluding hydrogens is 466 g/mol. The molecule has 1 aromatic heterocycles. The molecule has 0 radical (unpaired) electrons. The maximum Gasteiger partial charge on any atom is 0.263 e. The van der Waals surface area contributed by atoms with Gasteiger partial charge < -0.3 is 9.64 Å². The van der Waals surface area contributed by atoms with Crippen LogP contribution in [0.4, 0.5) is 5.13 Å². The molecule has 0 unspecified atom stereocenters. The van der Waals surface area contributed by atoms with Gasteiger partial charge in [0, 0.05) is 23.4 Å². The lowest BCUT2D eigenvalue weighted by atomic mass is 10.1. The first-order chi connectivity index (χ1) is 15.5. The number of benzene rings is 2. The first kappa shape index (κ1) is 22.8. The molecule has 10 heteroatoms. The molecule has 0 atom stereocenters. The molecule has 2 heterocycles. The van der Waals surface area contributed by atoms with Crippen molar-refractivity contribution in [3.8, 4) is 11.1 Å². The Labute approximate surface area is 195 Å². The van der Waals surface area contributed by atoms with Crippen LogP contribution in [0.15, 0.2) is 63.7 Å². The zero-order valence-corrected chi connectivity index (χ0v) is 19.9.